The predicted octanol–water partition coefficient (Wildman–Crippen LogP) is 5.64. The molecular formula is C26H26N4O2. The van der Waals surface area contributed by atoms with Crippen LogP contribution in [0.2, 0.25) is 0 Å². The standard InChI is InChI=1S/C26H26N4O2/c1-17-27-23-8-6-5-7-22(23)24(31)30(17)21-15-13-20(14-16-21)29-25(32)28-19-11-9-18(10-12-19)26(2,3)4/h5-16H,1-4H3,(H2,28,29,32). The molecule has 0 spiro atoms. The summed E-state index contributed by atoms with van der Waals surface area (Å²) in [5.74, 6) is 0.603. The maximum absolute atomic E-state index is 12.9. The number of rotatable bonds is 3. The highest BCUT2D eigenvalue weighted by Crippen LogP contribution is 2.23. The van der Waals surface area contributed by atoms with Crippen molar-refractivity contribution in [2.75, 3.05) is 10.6 Å². The molecule has 0 bridgehead atoms. The molecular weight excluding hydrogens is 400 g/mol. The molecule has 4 rings (SSSR count). The van der Waals surface area contributed by atoms with Crippen LogP contribution in [0.25, 0.3) is 16.6 Å². The molecule has 2 amide bonds. The van der Waals surface area contributed by atoms with Crippen LogP contribution in [-0.4, -0.2) is 15.6 Å². The van der Waals surface area contributed by atoms with Gasteiger partial charge in [0.25, 0.3) is 5.56 Å². The molecule has 0 saturated heterocycles. The summed E-state index contributed by atoms with van der Waals surface area (Å²) >= 11 is 0. The van der Waals surface area contributed by atoms with Crippen LogP contribution in [0.5, 0.6) is 0 Å². The zero-order valence-electron chi connectivity index (χ0n) is 18.6. The number of carbonyl (C=O) groups is 1. The second-order valence-corrected chi connectivity index (χ2v) is 8.77. The molecule has 0 aliphatic carbocycles. The van der Waals surface area contributed by atoms with E-state index in [9.17, 15) is 9.59 Å². The highest BCUT2D eigenvalue weighted by atomic mass is 16.2. The van der Waals surface area contributed by atoms with E-state index in [-0.39, 0.29) is 17.0 Å². The minimum Gasteiger partial charge on any atom is -0.308 e. The minimum atomic E-state index is -0.332. The van der Waals surface area contributed by atoms with Gasteiger partial charge in [0.1, 0.15) is 5.82 Å². The van der Waals surface area contributed by atoms with E-state index in [2.05, 4.69) is 36.4 Å². The van der Waals surface area contributed by atoms with Crippen molar-refractivity contribution in [1.29, 1.82) is 0 Å². The van der Waals surface area contributed by atoms with E-state index in [1.54, 1.807) is 41.8 Å². The number of benzene rings is 3. The molecule has 1 heterocycles. The van der Waals surface area contributed by atoms with Gasteiger partial charge in [0.2, 0.25) is 0 Å². The van der Waals surface area contributed by atoms with Gasteiger partial charge in [0, 0.05) is 11.4 Å². The van der Waals surface area contributed by atoms with Crippen molar-refractivity contribution in [3.05, 3.63) is 94.5 Å². The number of urea groups is 1. The Morgan fingerprint density at radius 2 is 1.41 bits per heavy atom. The molecule has 1 aromatic heterocycles. The SMILES string of the molecule is Cc1nc2ccccc2c(=O)n1-c1ccc(NC(=O)Nc2ccc(C(C)(C)C)cc2)cc1. The van der Waals surface area contributed by atoms with Crippen LogP contribution in [-0.2, 0) is 5.41 Å². The highest BCUT2D eigenvalue weighted by molar-refractivity contribution is 5.99. The van der Waals surface area contributed by atoms with Gasteiger partial charge in [-0.2, -0.15) is 0 Å². The van der Waals surface area contributed by atoms with Crippen molar-refractivity contribution in [2.45, 2.75) is 33.1 Å². The predicted molar refractivity (Wildman–Crippen MR) is 130 cm³/mol. The molecule has 0 saturated carbocycles. The fourth-order valence-electron chi connectivity index (χ4n) is 3.59. The van der Waals surface area contributed by atoms with Crippen LogP contribution in [0.4, 0.5) is 16.2 Å². The summed E-state index contributed by atoms with van der Waals surface area (Å²) in [4.78, 5) is 29.9. The van der Waals surface area contributed by atoms with Crippen LogP contribution < -0.4 is 16.2 Å². The topological polar surface area (TPSA) is 76.0 Å². The van der Waals surface area contributed by atoms with E-state index in [1.807, 2.05) is 42.5 Å². The zero-order chi connectivity index (χ0) is 22.9. The van der Waals surface area contributed by atoms with Gasteiger partial charge in [-0.15, -0.1) is 0 Å². The molecule has 4 aromatic rings. The summed E-state index contributed by atoms with van der Waals surface area (Å²) in [5.41, 5.74) is 3.85. The molecule has 6 heteroatoms. The van der Waals surface area contributed by atoms with E-state index in [1.165, 1.54) is 5.56 Å². The Bertz CT molecular complexity index is 1330. The van der Waals surface area contributed by atoms with Crippen molar-refractivity contribution < 1.29 is 4.79 Å². The number of carbonyl (C=O) groups excluding carboxylic acids is 1. The third kappa shape index (κ3) is 4.39. The first-order valence-electron chi connectivity index (χ1n) is 10.5. The van der Waals surface area contributed by atoms with Crippen LogP contribution in [0.1, 0.15) is 32.2 Å². The van der Waals surface area contributed by atoms with Gasteiger partial charge in [0.15, 0.2) is 0 Å². The summed E-state index contributed by atoms with van der Waals surface area (Å²) in [6.07, 6.45) is 0. The first-order valence-corrected chi connectivity index (χ1v) is 10.5. The molecule has 0 aliphatic heterocycles. The smallest absolute Gasteiger partial charge is 0.308 e. The summed E-state index contributed by atoms with van der Waals surface area (Å²) in [7, 11) is 0. The summed E-state index contributed by atoms with van der Waals surface area (Å²) in [5, 5.41) is 6.23. The molecule has 2 N–H and O–H groups in total. The van der Waals surface area contributed by atoms with Crippen molar-refractivity contribution in [3.63, 3.8) is 0 Å². The molecule has 32 heavy (non-hydrogen) atoms. The van der Waals surface area contributed by atoms with Gasteiger partial charge < -0.3 is 10.6 Å². The van der Waals surface area contributed by atoms with Crippen LogP contribution in [0.15, 0.2) is 77.6 Å². The number of nitrogens with one attached hydrogen (secondary N) is 2. The Labute approximate surface area is 186 Å². The van der Waals surface area contributed by atoms with E-state index < -0.39 is 0 Å². The maximum Gasteiger partial charge on any atom is 0.323 e. The number of anilines is 2. The zero-order valence-corrected chi connectivity index (χ0v) is 18.6. The highest BCUT2D eigenvalue weighted by Gasteiger charge is 2.13. The Morgan fingerprint density at radius 3 is 2.00 bits per heavy atom. The number of aromatic nitrogens is 2. The normalized spacial score (nSPS) is 11.4. The first-order chi connectivity index (χ1) is 15.2. The van der Waals surface area contributed by atoms with Crippen molar-refractivity contribution in [3.8, 4) is 5.69 Å². The monoisotopic (exact) mass is 426 g/mol. The largest absolute Gasteiger partial charge is 0.323 e. The molecule has 6 nitrogen and oxygen atoms in total. The van der Waals surface area contributed by atoms with Crippen molar-refractivity contribution in [1.82, 2.24) is 9.55 Å². The van der Waals surface area contributed by atoms with E-state index in [0.717, 1.165) is 5.69 Å². The van der Waals surface area contributed by atoms with Gasteiger partial charge >= 0.3 is 6.03 Å². The summed E-state index contributed by atoms with van der Waals surface area (Å²) in [6, 6.07) is 21.9. The Morgan fingerprint density at radius 1 is 0.844 bits per heavy atom. The lowest BCUT2D eigenvalue weighted by molar-refractivity contribution is 0.262. The number of amides is 2. The van der Waals surface area contributed by atoms with Gasteiger partial charge in [-0.3, -0.25) is 9.36 Å². The summed E-state index contributed by atoms with van der Waals surface area (Å²) in [6.45, 7) is 8.25. The van der Waals surface area contributed by atoms with Gasteiger partial charge in [-0.25, -0.2) is 9.78 Å². The third-order valence-corrected chi connectivity index (χ3v) is 5.34. The van der Waals surface area contributed by atoms with E-state index in [0.29, 0.717) is 28.1 Å². The average molecular weight is 427 g/mol. The van der Waals surface area contributed by atoms with Crippen LogP contribution in [0, 0.1) is 6.92 Å². The quantitative estimate of drug-likeness (QED) is 0.445. The molecule has 0 aliphatic rings. The minimum absolute atomic E-state index is 0.0589. The summed E-state index contributed by atoms with van der Waals surface area (Å²) < 4.78 is 1.57. The molecule has 0 atom stereocenters. The lowest BCUT2D eigenvalue weighted by Gasteiger charge is -2.19. The van der Waals surface area contributed by atoms with Crippen molar-refractivity contribution in [2.24, 2.45) is 0 Å². The Kier molecular flexibility index (Phi) is 5.53. The fourth-order valence-corrected chi connectivity index (χ4v) is 3.59. The molecule has 0 radical (unpaired) electrons. The maximum atomic E-state index is 12.9. The van der Waals surface area contributed by atoms with E-state index in [4.69, 9.17) is 0 Å². The second kappa shape index (κ2) is 8.30. The number of para-hydroxylation sites is 1. The van der Waals surface area contributed by atoms with E-state index >= 15 is 0 Å². The number of nitrogens with zero attached hydrogens (tertiary/aromatic N) is 2. The number of hydrogen-bond donors (Lipinski definition) is 2. The Hall–Kier alpha value is -3.93. The Balaban J connectivity index is 1.49. The molecule has 0 unspecified atom stereocenters. The first kappa shape index (κ1) is 21.3. The molecule has 162 valence electrons. The lowest BCUT2D eigenvalue weighted by atomic mass is 9.87. The molecule has 0 fully saturated rings. The van der Waals surface area contributed by atoms with Crippen LogP contribution in [0.3, 0.4) is 0 Å². The third-order valence-electron chi connectivity index (χ3n) is 5.34. The van der Waals surface area contributed by atoms with Crippen LogP contribution >= 0.6 is 0 Å². The lowest BCUT2D eigenvalue weighted by Crippen LogP contribution is -2.22. The molecule has 3 aromatic carbocycles. The fraction of sp³-hybridized carbons (Fsp3) is 0.192. The number of hydrogen-bond acceptors (Lipinski definition) is 3. The average Bonchev–Trinajstić information content (AvgIpc) is 2.74. The van der Waals surface area contributed by atoms with Crippen molar-refractivity contribution >= 4 is 28.3 Å². The second-order valence-electron chi connectivity index (χ2n) is 8.77. The number of aryl methyl sites for hydroxylation is 1. The van der Waals surface area contributed by atoms with Gasteiger partial charge in [0.05, 0.1) is 16.6 Å². The van der Waals surface area contributed by atoms with Gasteiger partial charge in [-0.05, 0) is 66.4 Å². The number of fused-ring (bicyclic) bond motifs is 1. The van der Waals surface area contributed by atoms with Gasteiger partial charge in [-0.1, -0.05) is 45.0 Å².